The van der Waals surface area contributed by atoms with Gasteiger partial charge < -0.3 is 4.74 Å². The summed E-state index contributed by atoms with van der Waals surface area (Å²) in [4.78, 5) is 9.07. The lowest BCUT2D eigenvalue weighted by atomic mass is 10.1. The molecule has 0 saturated carbocycles. The number of alkyl halides is 1. The summed E-state index contributed by atoms with van der Waals surface area (Å²) in [5.74, 6) is -0.397. The SMILES string of the molecule is CCCCCCCCCCC(C)(F)Oc1ccc(-c2ncc(CCCCCCCC)cn2)cc1. The van der Waals surface area contributed by atoms with E-state index in [0.717, 1.165) is 24.8 Å². The number of nitrogens with zero attached hydrogens (tertiary/aromatic N) is 2. The molecule has 1 aromatic heterocycles. The van der Waals surface area contributed by atoms with E-state index in [9.17, 15) is 4.39 Å². The van der Waals surface area contributed by atoms with Gasteiger partial charge in [0.25, 0.3) is 0 Å². The number of aryl methyl sites for hydroxylation is 1. The molecule has 0 amide bonds. The van der Waals surface area contributed by atoms with Crippen LogP contribution in [0, 0.1) is 0 Å². The van der Waals surface area contributed by atoms with Gasteiger partial charge in [0.05, 0.1) is 0 Å². The number of hydrogen-bond acceptors (Lipinski definition) is 3. The average molecular weight is 471 g/mol. The van der Waals surface area contributed by atoms with Crippen LogP contribution in [0.3, 0.4) is 0 Å². The van der Waals surface area contributed by atoms with Crippen molar-refractivity contribution in [3.05, 3.63) is 42.2 Å². The summed E-state index contributed by atoms with van der Waals surface area (Å²) >= 11 is 0. The van der Waals surface area contributed by atoms with Crippen LogP contribution in [-0.4, -0.2) is 15.8 Å². The molecule has 1 heterocycles. The molecule has 1 unspecified atom stereocenters. The first-order chi connectivity index (χ1) is 16.5. The molecule has 0 saturated heterocycles. The van der Waals surface area contributed by atoms with E-state index in [1.165, 1.54) is 89.5 Å². The number of halogens is 1. The zero-order chi connectivity index (χ0) is 24.5. The molecular formula is C30H47FN2O. The molecule has 3 nitrogen and oxygen atoms in total. The lowest BCUT2D eigenvalue weighted by Gasteiger charge is -2.22. The van der Waals surface area contributed by atoms with Crippen molar-refractivity contribution in [3.8, 4) is 17.1 Å². The molecule has 2 rings (SSSR count). The van der Waals surface area contributed by atoms with Gasteiger partial charge in [-0.2, -0.15) is 4.39 Å². The third-order valence-electron chi connectivity index (χ3n) is 6.44. The Kier molecular flexibility index (Phi) is 13.8. The van der Waals surface area contributed by atoms with Crippen LogP contribution >= 0.6 is 0 Å². The minimum absolute atomic E-state index is 0.424. The van der Waals surface area contributed by atoms with Crippen LogP contribution in [0.1, 0.15) is 123 Å². The smallest absolute Gasteiger partial charge is 0.245 e. The van der Waals surface area contributed by atoms with Gasteiger partial charge in [-0.25, -0.2) is 9.97 Å². The summed E-state index contributed by atoms with van der Waals surface area (Å²) in [6.45, 7) is 6.02. The molecule has 1 atom stereocenters. The zero-order valence-electron chi connectivity index (χ0n) is 22.0. The van der Waals surface area contributed by atoms with Crippen molar-refractivity contribution < 1.29 is 9.13 Å². The van der Waals surface area contributed by atoms with Crippen LogP contribution in [0.5, 0.6) is 5.75 Å². The molecule has 190 valence electrons. The molecular weight excluding hydrogens is 423 g/mol. The van der Waals surface area contributed by atoms with Crippen LogP contribution in [0.4, 0.5) is 4.39 Å². The van der Waals surface area contributed by atoms with E-state index in [4.69, 9.17) is 4.74 Å². The second kappa shape index (κ2) is 16.6. The predicted molar refractivity (Wildman–Crippen MR) is 142 cm³/mol. The molecule has 34 heavy (non-hydrogen) atoms. The molecule has 0 N–H and O–H groups in total. The lowest BCUT2D eigenvalue weighted by Crippen LogP contribution is -2.26. The number of unbranched alkanes of at least 4 members (excludes halogenated alkanes) is 12. The van der Waals surface area contributed by atoms with E-state index in [0.29, 0.717) is 18.0 Å². The van der Waals surface area contributed by atoms with E-state index < -0.39 is 5.85 Å². The van der Waals surface area contributed by atoms with E-state index >= 15 is 0 Å². The van der Waals surface area contributed by atoms with Gasteiger partial charge in [0.2, 0.25) is 5.85 Å². The highest BCUT2D eigenvalue weighted by atomic mass is 19.2. The molecule has 4 heteroatoms. The van der Waals surface area contributed by atoms with Crippen molar-refractivity contribution >= 4 is 0 Å². The lowest BCUT2D eigenvalue weighted by molar-refractivity contribution is -0.0530. The fourth-order valence-corrected chi connectivity index (χ4v) is 4.29. The van der Waals surface area contributed by atoms with E-state index in [1.807, 2.05) is 36.7 Å². The third kappa shape index (κ3) is 11.9. The maximum Gasteiger partial charge on any atom is 0.245 e. The fraction of sp³-hybridized carbons (Fsp3) is 0.667. The number of benzene rings is 1. The van der Waals surface area contributed by atoms with Crippen LogP contribution in [0.2, 0.25) is 0 Å². The Morgan fingerprint density at radius 3 is 1.76 bits per heavy atom. The number of aromatic nitrogens is 2. The van der Waals surface area contributed by atoms with Crippen LogP contribution in [-0.2, 0) is 6.42 Å². The first kappa shape index (κ1) is 28.3. The maximum atomic E-state index is 14.9. The minimum atomic E-state index is -1.64. The van der Waals surface area contributed by atoms with Crippen molar-refractivity contribution in [2.24, 2.45) is 0 Å². The summed E-state index contributed by atoms with van der Waals surface area (Å²) in [6, 6.07) is 7.44. The van der Waals surface area contributed by atoms with Gasteiger partial charge in [-0.1, -0.05) is 90.9 Å². The molecule has 0 fully saturated rings. The second-order valence-corrected chi connectivity index (χ2v) is 9.89. The number of ether oxygens (including phenoxy) is 1. The Morgan fingerprint density at radius 2 is 1.21 bits per heavy atom. The first-order valence-electron chi connectivity index (χ1n) is 13.8. The summed E-state index contributed by atoms with van der Waals surface area (Å²) in [5, 5.41) is 0. The van der Waals surface area contributed by atoms with Gasteiger partial charge in [-0.3, -0.25) is 0 Å². The number of rotatable bonds is 19. The van der Waals surface area contributed by atoms with Crippen molar-refractivity contribution in [2.45, 2.75) is 129 Å². The third-order valence-corrected chi connectivity index (χ3v) is 6.44. The molecule has 0 spiro atoms. The zero-order valence-corrected chi connectivity index (χ0v) is 22.0. The predicted octanol–water partition coefficient (Wildman–Crippen LogP) is 9.64. The topological polar surface area (TPSA) is 35.0 Å². The summed E-state index contributed by atoms with van der Waals surface area (Å²) in [5.41, 5.74) is 2.11. The molecule has 0 radical (unpaired) electrons. The van der Waals surface area contributed by atoms with Crippen molar-refractivity contribution in [1.29, 1.82) is 0 Å². The van der Waals surface area contributed by atoms with Gasteiger partial charge in [0, 0.05) is 31.3 Å². The van der Waals surface area contributed by atoms with Gasteiger partial charge in [-0.15, -0.1) is 0 Å². The molecule has 0 aliphatic rings. The highest BCUT2D eigenvalue weighted by Crippen LogP contribution is 2.27. The Morgan fingerprint density at radius 1 is 0.706 bits per heavy atom. The summed E-state index contributed by atoms with van der Waals surface area (Å²) < 4.78 is 20.5. The maximum absolute atomic E-state index is 14.9. The molecule has 0 aliphatic carbocycles. The van der Waals surface area contributed by atoms with E-state index in [1.54, 1.807) is 0 Å². The van der Waals surface area contributed by atoms with Gasteiger partial charge >= 0.3 is 0 Å². The Balaban J connectivity index is 1.71. The normalized spacial score (nSPS) is 13.1. The second-order valence-electron chi connectivity index (χ2n) is 9.89. The van der Waals surface area contributed by atoms with Crippen LogP contribution in [0.15, 0.2) is 36.7 Å². The summed E-state index contributed by atoms with van der Waals surface area (Å²) in [7, 11) is 0. The highest BCUT2D eigenvalue weighted by molar-refractivity contribution is 5.55. The molecule has 0 bridgehead atoms. The molecule has 0 aliphatic heterocycles. The summed E-state index contributed by atoms with van der Waals surface area (Å²) in [6.07, 6.45) is 22.7. The molecule has 1 aromatic carbocycles. The van der Waals surface area contributed by atoms with Gasteiger partial charge in [0.1, 0.15) is 5.75 Å². The first-order valence-corrected chi connectivity index (χ1v) is 13.8. The van der Waals surface area contributed by atoms with E-state index in [-0.39, 0.29) is 0 Å². The monoisotopic (exact) mass is 470 g/mol. The van der Waals surface area contributed by atoms with Crippen LogP contribution in [0.25, 0.3) is 11.4 Å². The largest absolute Gasteiger partial charge is 0.458 e. The van der Waals surface area contributed by atoms with Crippen LogP contribution < -0.4 is 4.74 Å². The Bertz CT molecular complexity index is 758. The van der Waals surface area contributed by atoms with Gasteiger partial charge in [0.15, 0.2) is 5.82 Å². The minimum Gasteiger partial charge on any atom is -0.458 e. The van der Waals surface area contributed by atoms with Gasteiger partial charge in [-0.05, 0) is 49.1 Å². The van der Waals surface area contributed by atoms with E-state index in [2.05, 4.69) is 23.8 Å². The standard InChI is InChI=1S/C30H47FN2O/c1-4-6-8-10-12-13-15-17-23-30(3,31)34-28-21-19-27(20-22-28)29-32-24-26(25-33-29)18-16-14-11-9-7-5-2/h19-22,24-25H,4-18,23H2,1-3H3. The Hall–Kier alpha value is -1.97. The quantitative estimate of drug-likeness (QED) is 0.192. The Labute approximate surface area is 208 Å². The van der Waals surface area contributed by atoms with Crippen molar-refractivity contribution in [2.75, 3.05) is 0 Å². The van der Waals surface area contributed by atoms with Crippen molar-refractivity contribution in [1.82, 2.24) is 9.97 Å². The average Bonchev–Trinajstić information content (AvgIpc) is 2.84. The fourth-order valence-electron chi connectivity index (χ4n) is 4.29. The number of hydrogen-bond donors (Lipinski definition) is 0. The molecule has 2 aromatic rings. The highest BCUT2D eigenvalue weighted by Gasteiger charge is 2.24. The van der Waals surface area contributed by atoms with Crippen molar-refractivity contribution in [3.63, 3.8) is 0 Å².